The van der Waals surface area contributed by atoms with Crippen LogP contribution in [0.25, 0.3) is 0 Å². The van der Waals surface area contributed by atoms with Crippen molar-refractivity contribution in [2.45, 2.75) is 159 Å². The number of Topliss-reactive ketones (excluding diaryl/α,β-unsaturated/α-hetero) is 2. The molecule has 2 heterocycles. The number of carbonyl (C=O) groups is 2. The molecule has 3 saturated carbocycles. The molecule has 9 heteroatoms. The van der Waals surface area contributed by atoms with Gasteiger partial charge in [-0.05, 0) is 145 Å². The van der Waals surface area contributed by atoms with Crippen LogP contribution < -0.4 is 16.4 Å². The van der Waals surface area contributed by atoms with E-state index >= 15 is 0 Å². The van der Waals surface area contributed by atoms with E-state index in [2.05, 4.69) is 22.5 Å². The van der Waals surface area contributed by atoms with Gasteiger partial charge in [0.1, 0.15) is 11.2 Å². The largest absolute Gasteiger partial charge is 0.393 e. The standard InChI is InChI=1S/C40H65N3O6/c1-49-36-21-29-7-11-37(47)40(15-12-25(19-38(40)48)2-3-27-18-30-6-10-32(45)22-34(30)43-24-27)16-13-28(33(29)23-35(36)46)5-9-31(44)8-4-26-14-17-42-39(41)20-26/h25-31,33-36,38-39,42-44,46,48H,2-12,14-15,17-24,41H2,1H3. The van der Waals surface area contributed by atoms with Gasteiger partial charge in [-0.2, -0.15) is 0 Å². The number of rotatable bonds is 10. The number of ether oxygens (including phenoxy) is 1. The summed E-state index contributed by atoms with van der Waals surface area (Å²) in [6, 6.07) is 0.361. The Morgan fingerprint density at radius 1 is 0.898 bits per heavy atom. The van der Waals surface area contributed by atoms with Crippen molar-refractivity contribution in [1.29, 1.82) is 0 Å². The molecule has 4 aliphatic carbocycles. The van der Waals surface area contributed by atoms with Crippen LogP contribution in [0.2, 0.25) is 0 Å². The number of aliphatic hydroxyl groups excluding tert-OH is 3. The monoisotopic (exact) mass is 683 g/mol. The van der Waals surface area contributed by atoms with E-state index in [0.29, 0.717) is 80.4 Å². The molecule has 0 aromatic rings. The minimum absolute atomic E-state index is 0.0450. The summed E-state index contributed by atoms with van der Waals surface area (Å²) >= 11 is 0. The second kappa shape index (κ2) is 17.0. The van der Waals surface area contributed by atoms with Crippen LogP contribution in [0.3, 0.4) is 0 Å². The lowest BCUT2D eigenvalue weighted by Crippen LogP contribution is -2.49. The van der Waals surface area contributed by atoms with E-state index in [0.717, 1.165) is 83.7 Å². The van der Waals surface area contributed by atoms with Crippen molar-refractivity contribution in [3.05, 3.63) is 0 Å². The smallest absolute Gasteiger partial charge is 0.153 e. The molecule has 6 aliphatic rings. The predicted molar refractivity (Wildman–Crippen MR) is 189 cm³/mol. The van der Waals surface area contributed by atoms with Gasteiger partial charge in [0.25, 0.3) is 0 Å². The number of hydrogen-bond acceptors (Lipinski definition) is 9. The molecule has 14 unspecified atom stereocenters. The molecule has 1 spiro atoms. The van der Waals surface area contributed by atoms with Gasteiger partial charge in [-0.25, -0.2) is 0 Å². The molecular formula is C40H65N3O6. The minimum Gasteiger partial charge on any atom is -0.393 e. The van der Waals surface area contributed by atoms with Gasteiger partial charge in [-0.15, -0.1) is 0 Å². The second-order valence-corrected chi connectivity index (χ2v) is 17.2. The third-order valence-electron chi connectivity index (χ3n) is 14.1. The molecule has 0 bridgehead atoms. The second-order valence-electron chi connectivity index (χ2n) is 17.2. The van der Waals surface area contributed by atoms with Crippen molar-refractivity contribution in [2.24, 2.45) is 52.6 Å². The summed E-state index contributed by atoms with van der Waals surface area (Å²) in [7, 11) is 1.65. The summed E-state index contributed by atoms with van der Waals surface area (Å²) in [6.07, 6.45) is 13.5. The molecular weight excluding hydrogens is 618 g/mol. The zero-order valence-corrected chi connectivity index (χ0v) is 30.0. The Hall–Kier alpha value is -1.38. The van der Waals surface area contributed by atoms with Crippen LogP contribution in [0, 0.1) is 58.7 Å². The third kappa shape index (κ3) is 9.17. The topological polar surface area (TPSA) is 154 Å². The van der Waals surface area contributed by atoms with Crippen molar-refractivity contribution in [3.63, 3.8) is 0 Å². The van der Waals surface area contributed by atoms with Crippen molar-refractivity contribution in [1.82, 2.24) is 10.6 Å². The van der Waals surface area contributed by atoms with Crippen molar-refractivity contribution in [3.8, 4) is 11.8 Å². The van der Waals surface area contributed by atoms with Crippen LogP contribution in [0.15, 0.2) is 0 Å². The summed E-state index contributed by atoms with van der Waals surface area (Å²) in [4.78, 5) is 26.0. The maximum Gasteiger partial charge on any atom is 0.153 e. The number of nitrogens with two attached hydrogens (primary N) is 1. The maximum atomic E-state index is 14.1. The average Bonchev–Trinajstić information content (AvgIpc) is 3.14. The lowest BCUT2D eigenvalue weighted by Gasteiger charge is -2.42. The molecule has 0 aromatic heterocycles. The molecule has 0 radical (unpaired) electrons. The number of nitrogens with one attached hydrogen (secondary N) is 2. The Morgan fingerprint density at radius 3 is 2.47 bits per heavy atom. The molecule has 14 atom stereocenters. The third-order valence-corrected chi connectivity index (χ3v) is 14.1. The van der Waals surface area contributed by atoms with E-state index in [4.69, 9.17) is 10.5 Å². The molecule has 49 heavy (non-hydrogen) atoms. The van der Waals surface area contributed by atoms with Crippen LogP contribution in [0.5, 0.6) is 0 Å². The zero-order valence-electron chi connectivity index (χ0n) is 30.0. The van der Waals surface area contributed by atoms with E-state index in [1.165, 1.54) is 6.42 Å². The molecule has 276 valence electrons. The first-order valence-corrected chi connectivity index (χ1v) is 20.0. The van der Waals surface area contributed by atoms with Gasteiger partial charge >= 0.3 is 0 Å². The maximum absolute atomic E-state index is 14.1. The highest BCUT2D eigenvalue weighted by atomic mass is 16.5. The summed E-state index contributed by atoms with van der Waals surface area (Å²) in [5.74, 6) is 9.95. The first kappa shape index (κ1) is 37.4. The Labute approximate surface area is 294 Å². The number of methoxy groups -OCH3 is 1. The van der Waals surface area contributed by atoms with Gasteiger partial charge in [-0.1, -0.05) is 18.3 Å². The highest BCUT2D eigenvalue weighted by molar-refractivity contribution is 5.89. The highest BCUT2D eigenvalue weighted by Gasteiger charge is 2.49. The van der Waals surface area contributed by atoms with Gasteiger partial charge in [0.2, 0.25) is 0 Å². The van der Waals surface area contributed by atoms with E-state index in [1.54, 1.807) is 7.11 Å². The molecule has 7 N–H and O–H groups in total. The minimum atomic E-state index is -1.03. The number of piperidine rings is 2. The summed E-state index contributed by atoms with van der Waals surface area (Å²) < 4.78 is 5.67. The normalized spacial score (nSPS) is 43.7. The predicted octanol–water partition coefficient (Wildman–Crippen LogP) is 3.85. The van der Waals surface area contributed by atoms with E-state index < -0.39 is 23.7 Å². The van der Waals surface area contributed by atoms with Crippen LogP contribution in [-0.2, 0) is 14.3 Å². The lowest BCUT2D eigenvalue weighted by molar-refractivity contribution is -0.135. The molecule has 0 amide bonds. The molecule has 6 rings (SSSR count). The zero-order chi connectivity index (χ0) is 34.5. The van der Waals surface area contributed by atoms with Gasteiger partial charge in [0.15, 0.2) is 5.78 Å². The average molecular weight is 684 g/mol. The number of carbonyl (C=O) groups excluding carboxylic acids is 2. The number of ketones is 2. The lowest BCUT2D eigenvalue weighted by atomic mass is 9.64. The van der Waals surface area contributed by atoms with Crippen LogP contribution >= 0.6 is 0 Å². The Balaban J connectivity index is 1.09. The Bertz CT molecular complexity index is 1190. The van der Waals surface area contributed by atoms with Crippen molar-refractivity contribution < 1.29 is 29.6 Å². The molecule has 2 aliphatic heterocycles. The van der Waals surface area contributed by atoms with Gasteiger partial charge in [-0.3, -0.25) is 9.59 Å². The number of fused-ring (bicyclic) bond motifs is 2. The Kier molecular flexibility index (Phi) is 12.9. The Morgan fingerprint density at radius 2 is 1.67 bits per heavy atom. The van der Waals surface area contributed by atoms with E-state index in [9.17, 15) is 24.9 Å². The van der Waals surface area contributed by atoms with Crippen LogP contribution in [-0.4, -0.2) is 83.7 Å². The number of aliphatic hydroxyl groups is 3. The molecule has 0 aromatic carbocycles. The van der Waals surface area contributed by atoms with E-state index in [-0.39, 0.29) is 35.8 Å². The van der Waals surface area contributed by atoms with Crippen LogP contribution in [0.1, 0.15) is 122 Å². The van der Waals surface area contributed by atoms with Crippen molar-refractivity contribution in [2.75, 3.05) is 20.2 Å². The van der Waals surface area contributed by atoms with Gasteiger partial charge in [0, 0.05) is 38.3 Å². The number of hydrogen-bond donors (Lipinski definition) is 6. The fourth-order valence-corrected chi connectivity index (χ4v) is 10.9. The first-order valence-electron chi connectivity index (χ1n) is 20.0. The quantitative estimate of drug-likeness (QED) is 0.189. The fourth-order valence-electron chi connectivity index (χ4n) is 10.9. The molecule has 2 saturated heterocycles. The fraction of sp³-hybridized carbons (Fsp3) is 0.900. The van der Waals surface area contributed by atoms with E-state index in [1.807, 2.05) is 0 Å². The SMILES string of the molecule is COC1CC2CCC(=O)C3(C#CC(CCC(O)CCC4CCNC(N)C4)C2CC1O)CCC(CCC1CNC2CC(=O)CCC2C1)CC3O. The summed E-state index contributed by atoms with van der Waals surface area (Å²) in [6.45, 7) is 1.91. The summed E-state index contributed by atoms with van der Waals surface area (Å²) in [5.41, 5.74) is 5.08. The van der Waals surface area contributed by atoms with Gasteiger partial charge < -0.3 is 36.4 Å². The van der Waals surface area contributed by atoms with Crippen LogP contribution in [0.4, 0.5) is 0 Å². The van der Waals surface area contributed by atoms with Crippen molar-refractivity contribution >= 4 is 11.6 Å². The first-order chi connectivity index (χ1) is 23.6. The highest BCUT2D eigenvalue weighted by Crippen LogP contribution is 2.47. The summed E-state index contributed by atoms with van der Waals surface area (Å²) in [5, 5.41) is 40.8. The molecule has 9 nitrogen and oxygen atoms in total. The molecule has 5 fully saturated rings. The van der Waals surface area contributed by atoms with Gasteiger partial charge in [0.05, 0.1) is 30.6 Å².